The molecule has 0 aliphatic carbocycles. The number of nitrogens with zero attached hydrogens (tertiary/aromatic N) is 1. The molecule has 0 saturated heterocycles. The van der Waals surface area contributed by atoms with Gasteiger partial charge in [-0.15, -0.1) is 11.3 Å². The molecule has 0 fully saturated rings. The van der Waals surface area contributed by atoms with Gasteiger partial charge in [-0.25, -0.2) is 0 Å². The van der Waals surface area contributed by atoms with Crippen LogP contribution in [0.5, 0.6) is 0 Å². The molecule has 1 heterocycles. The predicted octanol–water partition coefficient (Wildman–Crippen LogP) is 1.90. The Morgan fingerprint density at radius 2 is 2.35 bits per heavy atom. The van der Waals surface area contributed by atoms with Gasteiger partial charge in [0.15, 0.2) is 6.61 Å². The van der Waals surface area contributed by atoms with E-state index < -0.39 is 11.9 Å². The Labute approximate surface area is 103 Å². The summed E-state index contributed by atoms with van der Waals surface area (Å²) in [5.41, 5.74) is 0.406. The largest absolute Gasteiger partial charge is 0.456 e. The molecule has 1 aromatic rings. The molecule has 0 unspecified atom stereocenters. The molecule has 0 aliphatic heterocycles. The number of hydrogen-bond donors (Lipinski definition) is 1. The molecule has 6 heteroatoms. The molecule has 0 aliphatic rings. The lowest BCUT2D eigenvalue weighted by Crippen LogP contribution is -2.20. The average Bonchev–Trinajstić information content (AvgIpc) is 2.74. The molecule has 1 N–H and O–H groups in total. The fourth-order valence-corrected chi connectivity index (χ4v) is 1.83. The molecule has 0 atom stereocenters. The lowest BCUT2D eigenvalue weighted by atomic mass is 10.3. The number of thiophene rings is 1. The van der Waals surface area contributed by atoms with E-state index in [1.165, 1.54) is 11.3 Å². The summed E-state index contributed by atoms with van der Waals surface area (Å²) in [7, 11) is 0. The van der Waals surface area contributed by atoms with Crippen LogP contribution >= 0.6 is 11.3 Å². The summed E-state index contributed by atoms with van der Waals surface area (Å²) in [6, 6.07) is 3.57. The maximum Gasteiger partial charge on any atom is 0.306 e. The van der Waals surface area contributed by atoms with Gasteiger partial charge < -0.3 is 10.1 Å². The van der Waals surface area contributed by atoms with Gasteiger partial charge in [0.2, 0.25) is 0 Å². The molecule has 1 rings (SSSR count). The molecule has 17 heavy (non-hydrogen) atoms. The maximum absolute atomic E-state index is 11.4. The highest BCUT2D eigenvalue weighted by molar-refractivity contribution is 7.14. The molecule has 90 valence electrons. The smallest absolute Gasteiger partial charge is 0.306 e. The minimum absolute atomic E-state index is 0.301. The Balaban J connectivity index is 2.40. The van der Waals surface area contributed by atoms with Crippen molar-refractivity contribution in [1.82, 2.24) is 0 Å². The van der Waals surface area contributed by atoms with Gasteiger partial charge in [0.25, 0.3) is 5.91 Å². The first-order chi connectivity index (χ1) is 8.17. The Morgan fingerprint density at radius 3 is 3.00 bits per heavy atom. The van der Waals surface area contributed by atoms with Gasteiger partial charge in [-0.1, -0.05) is 6.92 Å². The van der Waals surface area contributed by atoms with Crippen molar-refractivity contribution in [2.24, 2.45) is 0 Å². The third-order valence-corrected chi connectivity index (χ3v) is 2.69. The first-order valence-electron chi connectivity index (χ1n) is 5.10. The zero-order valence-corrected chi connectivity index (χ0v) is 10.2. The number of hydrogen-bond acceptors (Lipinski definition) is 5. The third kappa shape index (κ3) is 4.25. The number of esters is 1. The first kappa shape index (κ1) is 13.2. The monoisotopic (exact) mass is 252 g/mol. The lowest BCUT2D eigenvalue weighted by molar-refractivity contribution is -0.147. The van der Waals surface area contributed by atoms with Crippen LogP contribution in [0.4, 0.5) is 5.00 Å². The minimum atomic E-state index is -0.437. The van der Waals surface area contributed by atoms with Crippen molar-refractivity contribution in [3.05, 3.63) is 17.0 Å². The molecule has 0 radical (unpaired) electrons. The van der Waals surface area contributed by atoms with Crippen LogP contribution in [0.2, 0.25) is 0 Å². The van der Waals surface area contributed by atoms with E-state index in [0.717, 1.165) is 0 Å². The van der Waals surface area contributed by atoms with E-state index >= 15 is 0 Å². The Bertz CT molecular complexity index is 448. The van der Waals surface area contributed by atoms with Gasteiger partial charge in [0.1, 0.15) is 11.1 Å². The molecule has 0 saturated carbocycles. The topological polar surface area (TPSA) is 79.2 Å². The fraction of sp³-hybridized carbons (Fsp3) is 0.364. The summed E-state index contributed by atoms with van der Waals surface area (Å²) in [6.45, 7) is 1.54. The highest BCUT2D eigenvalue weighted by Crippen LogP contribution is 2.21. The van der Waals surface area contributed by atoms with E-state index in [9.17, 15) is 9.59 Å². The number of ether oxygens (including phenoxy) is 1. The Hall–Kier alpha value is -1.87. The van der Waals surface area contributed by atoms with Crippen LogP contribution in [0.1, 0.15) is 25.3 Å². The van der Waals surface area contributed by atoms with Crippen molar-refractivity contribution in [3.8, 4) is 6.07 Å². The van der Waals surface area contributed by atoms with Crippen molar-refractivity contribution in [2.45, 2.75) is 19.8 Å². The van der Waals surface area contributed by atoms with Crippen LogP contribution in [0, 0.1) is 11.3 Å². The van der Waals surface area contributed by atoms with Crippen molar-refractivity contribution in [3.63, 3.8) is 0 Å². The summed E-state index contributed by atoms with van der Waals surface area (Å²) in [4.78, 5) is 22.4. The number of amides is 1. The van der Waals surface area contributed by atoms with Gasteiger partial charge in [-0.3, -0.25) is 9.59 Å². The van der Waals surface area contributed by atoms with Gasteiger partial charge in [-0.2, -0.15) is 5.26 Å². The molecular formula is C11H12N2O3S. The normalized spacial score (nSPS) is 9.41. The second-order valence-electron chi connectivity index (χ2n) is 3.23. The quantitative estimate of drug-likeness (QED) is 0.812. The van der Waals surface area contributed by atoms with Crippen molar-refractivity contribution in [1.29, 1.82) is 5.26 Å². The van der Waals surface area contributed by atoms with Crippen LogP contribution in [-0.2, 0) is 14.3 Å². The Morgan fingerprint density at radius 1 is 1.59 bits per heavy atom. The standard InChI is InChI=1S/C11H12N2O3S/c1-2-3-10(15)16-7-9(14)13-11-8(6-12)4-5-17-11/h4-5H,2-3,7H2,1H3,(H,13,14). The number of carbonyl (C=O) groups excluding carboxylic acids is 2. The number of anilines is 1. The zero-order valence-electron chi connectivity index (χ0n) is 9.36. The van der Waals surface area contributed by atoms with Crippen molar-refractivity contribution >= 4 is 28.2 Å². The van der Waals surface area contributed by atoms with Gasteiger partial charge in [0, 0.05) is 6.42 Å². The fourth-order valence-electron chi connectivity index (χ4n) is 1.08. The summed E-state index contributed by atoms with van der Waals surface area (Å²) in [6.07, 6.45) is 0.986. The second-order valence-corrected chi connectivity index (χ2v) is 4.15. The number of carbonyl (C=O) groups is 2. The summed E-state index contributed by atoms with van der Waals surface area (Å²) >= 11 is 1.25. The number of rotatable bonds is 5. The Kier molecular flexibility index (Phi) is 5.17. The molecule has 1 amide bonds. The highest BCUT2D eigenvalue weighted by Gasteiger charge is 2.10. The van der Waals surface area contributed by atoms with E-state index in [1.54, 1.807) is 11.4 Å². The summed E-state index contributed by atoms with van der Waals surface area (Å²) < 4.78 is 4.74. The SMILES string of the molecule is CCCC(=O)OCC(=O)Nc1sccc1C#N. The molecule has 0 aromatic carbocycles. The molecular weight excluding hydrogens is 240 g/mol. The maximum atomic E-state index is 11.4. The van der Waals surface area contributed by atoms with E-state index in [2.05, 4.69) is 5.32 Å². The van der Waals surface area contributed by atoms with Crippen LogP contribution in [0.3, 0.4) is 0 Å². The highest BCUT2D eigenvalue weighted by atomic mass is 32.1. The van der Waals surface area contributed by atoms with Crippen molar-refractivity contribution in [2.75, 3.05) is 11.9 Å². The van der Waals surface area contributed by atoms with E-state index in [4.69, 9.17) is 10.00 Å². The number of nitriles is 1. The second kappa shape index (κ2) is 6.66. The number of nitrogens with one attached hydrogen (secondary N) is 1. The summed E-state index contributed by atoms with van der Waals surface area (Å²) in [5, 5.41) is 13.4. The molecule has 1 aromatic heterocycles. The molecule has 5 nitrogen and oxygen atoms in total. The minimum Gasteiger partial charge on any atom is -0.456 e. The van der Waals surface area contributed by atoms with Crippen LogP contribution in [0.15, 0.2) is 11.4 Å². The van der Waals surface area contributed by atoms with E-state index in [1.807, 2.05) is 13.0 Å². The van der Waals surface area contributed by atoms with Crippen LogP contribution in [-0.4, -0.2) is 18.5 Å². The van der Waals surface area contributed by atoms with Gasteiger partial charge in [-0.05, 0) is 17.9 Å². The molecule has 0 bridgehead atoms. The van der Waals surface area contributed by atoms with Crippen LogP contribution < -0.4 is 5.32 Å². The summed E-state index contributed by atoms with van der Waals surface area (Å²) in [5.74, 6) is -0.831. The average molecular weight is 252 g/mol. The predicted molar refractivity (Wildman–Crippen MR) is 63.5 cm³/mol. The van der Waals surface area contributed by atoms with Gasteiger partial charge >= 0.3 is 5.97 Å². The zero-order chi connectivity index (χ0) is 12.7. The molecule has 0 spiro atoms. The van der Waals surface area contributed by atoms with Crippen LogP contribution in [0.25, 0.3) is 0 Å². The first-order valence-corrected chi connectivity index (χ1v) is 5.98. The van der Waals surface area contributed by atoms with Gasteiger partial charge in [0.05, 0.1) is 5.56 Å². The third-order valence-electron chi connectivity index (χ3n) is 1.86. The van der Waals surface area contributed by atoms with Crippen molar-refractivity contribution < 1.29 is 14.3 Å². The van der Waals surface area contributed by atoms with E-state index in [0.29, 0.717) is 23.4 Å². The van der Waals surface area contributed by atoms with E-state index in [-0.39, 0.29) is 6.61 Å². The lowest BCUT2D eigenvalue weighted by Gasteiger charge is -2.04.